The average Bonchev–Trinajstić information content (AvgIpc) is 2.44. The van der Waals surface area contributed by atoms with Gasteiger partial charge in [-0.1, -0.05) is 43.7 Å². The van der Waals surface area contributed by atoms with E-state index in [0.29, 0.717) is 0 Å². The minimum atomic E-state index is 1.17. The van der Waals surface area contributed by atoms with Gasteiger partial charge in [0, 0.05) is 0 Å². The first-order chi connectivity index (χ1) is 8.99. The third kappa shape index (κ3) is 6.32. The smallest absolute Gasteiger partial charge is 0.0893 e. The molecule has 0 fully saturated rings. The van der Waals surface area contributed by atoms with Crippen LogP contribution < -0.4 is 0 Å². The van der Waals surface area contributed by atoms with Crippen LogP contribution in [0.4, 0.5) is 0 Å². The van der Waals surface area contributed by atoms with Gasteiger partial charge in [0.1, 0.15) is 7.28 Å². The lowest BCUT2D eigenvalue weighted by Gasteiger charge is -2.16. The zero-order valence-electron chi connectivity index (χ0n) is 14.3. The highest BCUT2D eigenvalue weighted by molar-refractivity contribution is 6.33. The molecule has 19 heavy (non-hydrogen) atoms. The molecule has 1 heteroatoms. The van der Waals surface area contributed by atoms with E-state index >= 15 is 0 Å². The number of hydrogen-bond acceptors (Lipinski definition) is 0. The number of unbranched alkanes of at least 4 members (excludes halogenated alkanes) is 1. The highest BCUT2D eigenvalue weighted by Crippen LogP contribution is 2.28. The van der Waals surface area contributed by atoms with Crippen LogP contribution in [0.3, 0.4) is 0 Å². The molecule has 0 rings (SSSR count). The fourth-order valence-electron chi connectivity index (χ4n) is 2.40. The van der Waals surface area contributed by atoms with Crippen LogP contribution >= 0.6 is 0 Å². The van der Waals surface area contributed by atoms with Gasteiger partial charge in [0.15, 0.2) is 0 Å². The predicted molar refractivity (Wildman–Crippen MR) is 92.5 cm³/mol. The van der Waals surface area contributed by atoms with Gasteiger partial charge in [-0.05, 0) is 70.6 Å². The summed E-state index contributed by atoms with van der Waals surface area (Å²) in [5, 5.41) is 0. The molecule has 0 aliphatic heterocycles. The molecule has 0 aromatic heterocycles. The quantitative estimate of drug-likeness (QED) is 0.281. The summed E-state index contributed by atoms with van der Waals surface area (Å²) in [6.45, 7) is 15.8. The Morgan fingerprint density at radius 3 is 2.11 bits per heavy atom. The van der Waals surface area contributed by atoms with Crippen LogP contribution in [0.15, 0.2) is 33.9 Å². The van der Waals surface area contributed by atoms with Gasteiger partial charge in [-0.2, -0.15) is 0 Å². The van der Waals surface area contributed by atoms with Gasteiger partial charge in [-0.3, -0.25) is 0 Å². The molecule has 0 spiro atoms. The van der Waals surface area contributed by atoms with E-state index in [0.717, 1.165) is 0 Å². The predicted octanol–water partition coefficient (Wildman–Crippen LogP) is 6.09. The molecule has 0 aromatic rings. The van der Waals surface area contributed by atoms with Crippen molar-refractivity contribution in [2.75, 3.05) is 0 Å². The van der Waals surface area contributed by atoms with Gasteiger partial charge in [0.2, 0.25) is 0 Å². The van der Waals surface area contributed by atoms with Crippen LogP contribution in [0.5, 0.6) is 0 Å². The van der Waals surface area contributed by atoms with Crippen LogP contribution in [0.25, 0.3) is 0 Å². The Hall–Kier alpha value is -0.715. The Labute approximate surface area is 122 Å². The summed E-state index contributed by atoms with van der Waals surface area (Å²) >= 11 is 0. The monoisotopic (exact) mass is 260 g/mol. The molecule has 0 N–H and O–H groups in total. The van der Waals surface area contributed by atoms with Gasteiger partial charge in [-0.15, -0.1) is 0 Å². The molecule has 0 aromatic carbocycles. The second-order valence-corrected chi connectivity index (χ2v) is 5.64. The normalized spacial score (nSPS) is 15.0. The van der Waals surface area contributed by atoms with Gasteiger partial charge in [0.05, 0.1) is 0 Å². The van der Waals surface area contributed by atoms with Crippen molar-refractivity contribution in [1.82, 2.24) is 0 Å². The molecule has 0 saturated carbocycles. The van der Waals surface area contributed by atoms with Gasteiger partial charge < -0.3 is 0 Å². The van der Waals surface area contributed by atoms with E-state index < -0.39 is 0 Å². The molecule has 0 bridgehead atoms. The van der Waals surface area contributed by atoms with E-state index in [1.165, 1.54) is 56.0 Å². The number of hydrogen-bond donors (Lipinski definition) is 0. The van der Waals surface area contributed by atoms with Crippen LogP contribution in [-0.2, 0) is 0 Å². The Morgan fingerprint density at radius 1 is 1.00 bits per heavy atom. The van der Waals surface area contributed by atoms with E-state index in [4.69, 9.17) is 0 Å². The van der Waals surface area contributed by atoms with Crippen molar-refractivity contribution in [1.29, 1.82) is 0 Å². The van der Waals surface area contributed by atoms with E-state index in [2.05, 4.69) is 54.4 Å². The molecule has 0 aliphatic carbocycles. The molecule has 108 valence electrons. The first kappa shape index (κ1) is 18.3. The lowest BCUT2D eigenvalue weighted by atomic mass is 9.76. The van der Waals surface area contributed by atoms with Crippen molar-refractivity contribution in [3.8, 4) is 0 Å². The molecule has 0 saturated heterocycles. The average molecular weight is 260 g/mol. The molecule has 0 amide bonds. The SMILES string of the molecule is CBCCCCC(=C(\C)CC)/C(C)=C(C)\C(C)=C/C. The summed E-state index contributed by atoms with van der Waals surface area (Å²) in [7, 11) is 1.32. The van der Waals surface area contributed by atoms with Crippen molar-refractivity contribution >= 4 is 7.28 Å². The minimum absolute atomic E-state index is 1.17. The molecule has 0 heterocycles. The van der Waals surface area contributed by atoms with Gasteiger partial charge >= 0.3 is 0 Å². The van der Waals surface area contributed by atoms with E-state index in [9.17, 15) is 0 Å². The van der Waals surface area contributed by atoms with Crippen LogP contribution in [0.2, 0.25) is 13.1 Å². The Kier molecular flexibility index (Phi) is 9.74. The zero-order valence-corrected chi connectivity index (χ0v) is 14.3. The third-order valence-electron chi connectivity index (χ3n) is 4.37. The summed E-state index contributed by atoms with van der Waals surface area (Å²) in [5.74, 6) is 0. The first-order valence-corrected chi connectivity index (χ1v) is 7.99. The lowest BCUT2D eigenvalue weighted by molar-refractivity contribution is 0.775. The van der Waals surface area contributed by atoms with Crippen molar-refractivity contribution in [3.05, 3.63) is 33.9 Å². The molecule has 0 unspecified atom stereocenters. The fourth-order valence-corrected chi connectivity index (χ4v) is 2.40. The van der Waals surface area contributed by atoms with Crippen molar-refractivity contribution < 1.29 is 0 Å². The highest BCUT2D eigenvalue weighted by Gasteiger charge is 2.08. The topological polar surface area (TPSA) is 0 Å². The summed E-state index contributed by atoms with van der Waals surface area (Å²) in [6.07, 6.45) is 8.71. The second-order valence-electron chi connectivity index (χ2n) is 5.64. The largest absolute Gasteiger partial charge is 0.117 e. The third-order valence-corrected chi connectivity index (χ3v) is 4.37. The molecular formula is C18H33B. The Bertz CT molecular complexity index is 356. The molecule has 0 radical (unpaired) electrons. The van der Waals surface area contributed by atoms with Crippen molar-refractivity contribution in [2.24, 2.45) is 0 Å². The van der Waals surface area contributed by atoms with Crippen molar-refractivity contribution in [3.63, 3.8) is 0 Å². The number of allylic oxidation sites excluding steroid dienone is 6. The molecular weight excluding hydrogens is 227 g/mol. The summed E-state index contributed by atoms with van der Waals surface area (Å²) in [5.41, 5.74) is 7.55. The van der Waals surface area contributed by atoms with Crippen LogP contribution in [0, 0.1) is 0 Å². The summed E-state index contributed by atoms with van der Waals surface area (Å²) < 4.78 is 0. The molecule has 0 aliphatic rings. The maximum Gasteiger partial charge on any atom is 0.117 e. The number of rotatable bonds is 8. The molecule has 0 atom stereocenters. The Balaban J connectivity index is 5.08. The summed E-state index contributed by atoms with van der Waals surface area (Å²) in [6, 6.07) is 0. The van der Waals surface area contributed by atoms with Gasteiger partial charge in [0.25, 0.3) is 0 Å². The fraction of sp³-hybridized carbons (Fsp3) is 0.667. The Morgan fingerprint density at radius 2 is 1.63 bits per heavy atom. The molecule has 0 nitrogen and oxygen atoms in total. The summed E-state index contributed by atoms with van der Waals surface area (Å²) in [4.78, 5) is 0. The van der Waals surface area contributed by atoms with E-state index in [1.807, 2.05) is 0 Å². The maximum atomic E-state index is 2.30. The maximum absolute atomic E-state index is 2.30. The minimum Gasteiger partial charge on any atom is -0.0893 e. The lowest BCUT2D eigenvalue weighted by Crippen LogP contribution is -1.97. The van der Waals surface area contributed by atoms with E-state index in [-0.39, 0.29) is 0 Å². The van der Waals surface area contributed by atoms with Gasteiger partial charge in [-0.25, -0.2) is 0 Å². The standard InChI is InChI=1S/C18H33B/c1-8-14(3)16(5)17(6)18(15(4)9-2)12-10-11-13-19-7/h8,19H,9-13H2,1-7H3/b14-8-,17-16-,18-15-. The zero-order chi connectivity index (χ0) is 14.8. The highest BCUT2D eigenvalue weighted by atomic mass is 14.1. The first-order valence-electron chi connectivity index (χ1n) is 7.99. The van der Waals surface area contributed by atoms with Crippen LogP contribution in [0.1, 0.15) is 67.2 Å². The van der Waals surface area contributed by atoms with E-state index in [1.54, 1.807) is 11.1 Å². The van der Waals surface area contributed by atoms with Crippen molar-refractivity contribution in [2.45, 2.75) is 80.4 Å². The van der Waals surface area contributed by atoms with Crippen LogP contribution in [-0.4, -0.2) is 7.28 Å². The second kappa shape index (κ2) is 10.1.